The maximum absolute atomic E-state index is 12.5. The average molecular weight is 1110 g/mol. The minimum atomic E-state index is -0.844. The average Bonchev–Trinajstić information content (AvgIpc) is 3.45. The molecular weight excluding hydrogens is 971 g/mol. The molecule has 3 N–H and O–H groups in total. The van der Waals surface area contributed by atoms with Crippen LogP contribution in [0.2, 0.25) is 0 Å². The van der Waals surface area contributed by atoms with Gasteiger partial charge in [0, 0.05) is 12.8 Å². The second-order valence-electron chi connectivity index (χ2n) is 24.2. The van der Waals surface area contributed by atoms with E-state index in [1.807, 2.05) is 6.08 Å². The summed E-state index contributed by atoms with van der Waals surface area (Å²) in [6.45, 7) is 4.88. The van der Waals surface area contributed by atoms with Gasteiger partial charge in [-0.1, -0.05) is 332 Å². The molecule has 0 radical (unpaired) electrons. The molecule has 0 rings (SSSR count). The number of ether oxygens (including phenoxy) is 1. The number of hydrogen-bond donors (Lipinski definition) is 3. The van der Waals surface area contributed by atoms with Gasteiger partial charge in [-0.3, -0.25) is 9.59 Å². The number of carbonyl (C=O) groups excluding carboxylic acids is 2. The number of aliphatic hydroxyl groups excluding tert-OH is 2. The molecule has 0 heterocycles. The van der Waals surface area contributed by atoms with Gasteiger partial charge >= 0.3 is 5.97 Å². The molecule has 0 aromatic carbocycles. The summed E-state index contributed by atoms with van der Waals surface area (Å²) in [7, 11) is 0. The summed E-state index contributed by atoms with van der Waals surface area (Å²) in [6, 6.07) is -0.628. The first-order valence-electron chi connectivity index (χ1n) is 35.4. The van der Waals surface area contributed by atoms with Crippen LogP contribution in [-0.4, -0.2) is 47.4 Å². The van der Waals surface area contributed by atoms with E-state index in [-0.39, 0.29) is 18.5 Å². The summed E-state index contributed by atoms with van der Waals surface area (Å²) < 4.78 is 5.48. The van der Waals surface area contributed by atoms with Gasteiger partial charge in [-0.05, 0) is 83.5 Å². The summed E-state index contributed by atoms with van der Waals surface area (Å²) in [6.07, 6.45) is 89.1. The minimum Gasteiger partial charge on any atom is -0.466 e. The molecule has 0 saturated heterocycles. The van der Waals surface area contributed by atoms with Crippen LogP contribution in [0.25, 0.3) is 0 Å². The third-order valence-electron chi connectivity index (χ3n) is 16.3. The van der Waals surface area contributed by atoms with Crippen LogP contribution in [-0.2, 0) is 14.3 Å². The van der Waals surface area contributed by atoms with E-state index in [0.717, 1.165) is 51.4 Å². The summed E-state index contributed by atoms with van der Waals surface area (Å²) in [5.74, 6) is -0.0617. The fourth-order valence-electron chi connectivity index (χ4n) is 10.9. The highest BCUT2D eigenvalue weighted by molar-refractivity contribution is 5.76. The summed E-state index contributed by atoms with van der Waals surface area (Å²) in [4.78, 5) is 24.6. The van der Waals surface area contributed by atoms with Crippen LogP contribution in [0, 0.1) is 0 Å². The largest absolute Gasteiger partial charge is 0.466 e. The Morgan fingerprint density at radius 1 is 0.354 bits per heavy atom. The first-order chi connectivity index (χ1) is 39.0. The van der Waals surface area contributed by atoms with Gasteiger partial charge in [-0.25, -0.2) is 0 Å². The zero-order valence-corrected chi connectivity index (χ0v) is 53.1. The van der Waals surface area contributed by atoms with Crippen molar-refractivity contribution in [1.82, 2.24) is 5.32 Å². The standard InChI is InChI=1S/C73H137NO5/c1-3-5-7-9-11-13-15-17-19-20-35-38-41-45-49-53-57-61-65-71(76)70(69-75)74-72(77)66-62-58-54-50-46-42-39-36-33-31-29-27-25-23-21-22-24-26-28-30-32-34-37-40-44-48-52-56-60-64-68-79-73(78)67-63-59-55-51-47-43-18-16-14-12-10-8-6-4-2/h10,12,16,18,22,24,61,65,70-71,75-76H,3-9,11,13-15,17,19-21,23,25-60,62-64,66-69H2,1-2H3,(H,74,77)/b12-10-,18-16-,24-22-,65-61+. The second-order valence-corrected chi connectivity index (χ2v) is 24.2. The van der Waals surface area contributed by atoms with E-state index in [9.17, 15) is 19.8 Å². The molecule has 0 saturated carbocycles. The molecule has 2 unspecified atom stereocenters. The van der Waals surface area contributed by atoms with Crippen LogP contribution in [0.5, 0.6) is 0 Å². The molecular formula is C73H137NO5. The van der Waals surface area contributed by atoms with Gasteiger partial charge in [0.15, 0.2) is 0 Å². The number of hydrogen-bond acceptors (Lipinski definition) is 5. The highest BCUT2D eigenvalue weighted by Gasteiger charge is 2.18. The van der Waals surface area contributed by atoms with Gasteiger partial charge in [0.2, 0.25) is 5.91 Å². The third kappa shape index (κ3) is 64.8. The molecule has 2 atom stereocenters. The van der Waals surface area contributed by atoms with E-state index in [0.29, 0.717) is 19.4 Å². The Bertz CT molecular complexity index is 1320. The predicted octanol–water partition coefficient (Wildman–Crippen LogP) is 22.9. The molecule has 464 valence electrons. The van der Waals surface area contributed by atoms with Gasteiger partial charge in [0.1, 0.15) is 0 Å². The maximum atomic E-state index is 12.5. The fraction of sp³-hybridized carbons (Fsp3) is 0.863. The topological polar surface area (TPSA) is 95.9 Å². The molecule has 1 amide bonds. The van der Waals surface area contributed by atoms with Crippen LogP contribution in [0.3, 0.4) is 0 Å². The summed E-state index contributed by atoms with van der Waals surface area (Å²) >= 11 is 0. The summed E-state index contributed by atoms with van der Waals surface area (Å²) in [5, 5.41) is 23.2. The number of carbonyl (C=O) groups is 2. The molecule has 6 heteroatoms. The Hall–Kier alpha value is -2.18. The number of nitrogens with one attached hydrogen (secondary N) is 1. The lowest BCUT2D eigenvalue weighted by Crippen LogP contribution is -2.45. The number of amides is 1. The number of aliphatic hydroxyl groups is 2. The molecule has 79 heavy (non-hydrogen) atoms. The number of unbranched alkanes of at least 4 members (excludes halogenated alkanes) is 49. The lowest BCUT2D eigenvalue weighted by molar-refractivity contribution is -0.143. The molecule has 0 aliphatic carbocycles. The van der Waals surface area contributed by atoms with Crippen LogP contribution < -0.4 is 5.32 Å². The van der Waals surface area contributed by atoms with Crippen LogP contribution in [0.1, 0.15) is 380 Å². The SMILES string of the molecule is CCCC/C=C\C/C=C\CCCCCCCC(=O)OCCCCCCCCCCCCCC/C=C\CCCCCCCCCCCCCCCCC(=O)NC(CO)C(O)/C=C/CCCCCCCCCCCCCCCCCC. The predicted molar refractivity (Wildman–Crippen MR) is 347 cm³/mol. The van der Waals surface area contributed by atoms with Crippen molar-refractivity contribution < 1.29 is 24.5 Å². The zero-order valence-electron chi connectivity index (χ0n) is 53.1. The Morgan fingerprint density at radius 2 is 0.646 bits per heavy atom. The Morgan fingerprint density at radius 3 is 1.01 bits per heavy atom. The maximum Gasteiger partial charge on any atom is 0.305 e. The second kappa shape index (κ2) is 68.3. The highest BCUT2D eigenvalue weighted by Crippen LogP contribution is 2.18. The van der Waals surface area contributed by atoms with Gasteiger partial charge in [0.05, 0.1) is 25.4 Å². The quantitative estimate of drug-likeness (QED) is 0.0320. The Labute approximate surface area is 493 Å². The first kappa shape index (κ1) is 76.8. The number of rotatable bonds is 66. The number of esters is 1. The molecule has 0 aliphatic heterocycles. The van der Waals surface area contributed by atoms with Crippen molar-refractivity contribution in [1.29, 1.82) is 0 Å². The fourth-order valence-corrected chi connectivity index (χ4v) is 10.9. The van der Waals surface area contributed by atoms with E-state index in [4.69, 9.17) is 4.74 Å². The molecule has 6 nitrogen and oxygen atoms in total. The van der Waals surface area contributed by atoms with Gasteiger partial charge in [-0.2, -0.15) is 0 Å². The van der Waals surface area contributed by atoms with E-state index in [1.165, 1.54) is 302 Å². The van der Waals surface area contributed by atoms with E-state index in [1.54, 1.807) is 6.08 Å². The molecule has 0 aliphatic rings. The third-order valence-corrected chi connectivity index (χ3v) is 16.3. The van der Waals surface area contributed by atoms with Gasteiger partial charge in [0.25, 0.3) is 0 Å². The molecule has 0 aromatic rings. The summed E-state index contributed by atoms with van der Waals surface area (Å²) in [5.41, 5.74) is 0. The minimum absolute atomic E-state index is 0.00218. The lowest BCUT2D eigenvalue weighted by Gasteiger charge is -2.20. The Balaban J connectivity index is 3.39. The number of allylic oxidation sites excluding steroid dienone is 7. The van der Waals surface area contributed by atoms with E-state index >= 15 is 0 Å². The van der Waals surface area contributed by atoms with E-state index in [2.05, 4.69) is 55.6 Å². The highest BCUT2D eigenvalue weighted by atomic mass is 16.5. The zero-order chi connectivity index (χ0) is 57.1. The normalized spacial score (nSPS) is 12.8. The van der Waals surface area contributed by atoms with E-state index < -0.39 is 12.1 Å². The monoisotopic (exact) mass is 1110 g/mol. The van der Waals surface area contributed by atoms with Crippen molar-refractivity contribution in [2.24, 2.45) is 0 Å². The van der Waals surface area contributed by atoms with Crippen molar-refractivity contribution in [3.05, 3.63) is 48.6 Å². The molecule has 0 aromatic heterocycles. The van der Waals surface area contributed by atoms with Crippen molar-refractivity contribution in [3.8, 4) is 0 Å². The van der Waals surface area contributed by atoms with Gasteiger partial charge in [-0.15, -0.1) is 0 Å². The molecule has 0 fully saturated rings. The van der Waals surface area contributed by atoms with Gasteiger partial charge < -0.3 is 20.3 Å². The van der Waals surface area contributed by atoms with Crippen molar-refractivity contribution in [2.75, 3.05) is 13.2 Å². The smallest absolute Gasteiger partial charge is 0.305 e. The van der Waals surface area contributed by atoms with Crippen LogP contribution in [0.15, 0.2) is 48.6 Å². The van der Waals surface area contributed by atoms with Crippen molar-refractivity contribution >= 4 is 11.9 Å². The Kier molecular flexibility index (Phi) is 66.4. The first-order valence-corrected chi connectivity index (χ1v) is 35.4. The van der Waals surface area contributed by atoms with Crippen LogP contribution >= 0.6 is 0 Å². The lowest BCUT2D eigenvalue weighted by atomic mass is 10.0. The molecule has 0 bridgehead atoms. The van der Waals surface area contributed by atoms with Crippen molar-refractivity contribution in [2.45, 2.75) is 392 Å². The van der Waals surface area contributed by atoms with Crippen molar-refractivity contribution in [3.63, 3.8) is 0 Å². The molecule has 0 spiro atoms. The van der Waals surface area contributed by atoms with Crippen LogP contribution in [0.4, 0.5) is 0 Å².